The molecule has 5 heteroatoms. The molecule has 5 heterocycles. The van der Waals surface area contributed by atoms with Crippen molar-refractivity contribution < 1.29 is 8.98 Å². The van der Waals surface area contributed by atoms with Crippen molar-refractivity contribution in [3.8, 4) is 11.5 Å². The fraction of sp³-hybridized carbons (Fsp3) is 0.0714. The van der Waals surface area contributed by atoms with Crippen LogP contribution in [-0.2, 0) is 6.54 Å². The van der Waals surface area contributed by atoms with Gasteiger partial charge in [-0.2, -0.15) is 9.67 Å². The van der Waals surface area contributed by atoms with Gasteiger partial charge < -0.3 is 4.42 Å². The van der Waals surface area contributed by atoms with Gasteiger partial charge in [0, 0.05) is 18.6 Å². The van der Waals surface area contributed by atoms with E-state index in [9.17, 15) is 0 Å². The highest BCUT2D eigenvalue weighted by molar-refractivity contribution is 5.88. The Kier molecular flexibility index (Phi) is 1.46. The number of rotatable bonds is 0. The van der Waals surface area contributed by atoms with E-state index >= 15 is 0 Å². The monoisotopic (exact) mass is 249 g/mol. The van der Waals surface area contributed by atoms with E-state index in [0.717, 1.165) is 34.6 Å². The SMILES string of the molecule is c1cnn2cc3c(oc4[n+]3Cc3cnccc3-4)c2c1. The molecule has 5 nitrogen and oxygen atoms in total. The highest BCUT2D eigenvalue weighted by Crippen LogP contribution is 2.32. The number of oxazole rings is 1. The van der Waals surface area contributed by atoms with Crippen LogP contribution in [0.4, 0.5) is 0 Å². The first-order valence-electron chi connectivity index (χ1n) is 6.14. The number of fused-ring (bicyclic) bond motifs is 7. The van der Waals surface area contributed by atoms with Crippen molar-refractivity contribution in [1.29, 1.82) is 0 Å². The van der Waals surface area contributed by atoms with E-state index in [1.807, 2.05) is 35.1 Å². The van der Waals surface area contributed by atoms with Gasteiger partial charge in [-0.3, -0.25) is 4.98 Å². The van der Waals surface area contributed by atoms with Crippen LogP contribution < -0.4 is 4.57 Å². The van der Waals surface area contributed by atoms with Crippen molar-refractivity contribution >= 4 is 16.6 Å². The number of hydrogen-bond donors (Lipinski definition) is 0. The van der Waals surface area contributed by atoms with E-state index in [1.165, 1.54) is 5.56 Å². The minimum absolute atomic E-state index is 0.808. The summed E-state index contributed by atoms with van der Waals surface area (Å²) in [6.45, 7) is 0.808. The molecule has 1 aliphatic heterocycles. The molecule has 1 aliphatic rings. The molecule has 5 rings (SSSR count). The quantitative estimate of drug-likeness (QED) is 0.393. The summed E-state index contributed by atoms with van der Waals surface area (Å²) in [4.78, 5) is 4.17. The van der Waals surface area contributed by atoms with Crippen molar-refractivity contribution in [2.75, 3.05) is 0 Å². The minimum Gasteiger partial charge on any atom is -0.395 e. The van der Waals surface area contributed by atoms with Crippen LogP contribution >= 0.6 is 0 Å². The van der Waals surface area contributed by atoms with Crippen molar-refractivity contribution in [1.82, 2.24) is 14.6 Å². The zero-order valence-corrected chi connectivity index (χ0v) is 9.95. The first-order chi connectivity index (χ1) is 9.42. The molecule has 0 amide bonds. The van der Waals surface area contributed by atoms with Gasteiger partial charge in [0.2, 0.25) is 5.58 Å². The average molecular weight is 249 g/mol. The molecule has 4 aromatic heterocycles. The Morgan fingerprint density at radius 3 is 3.26 bits per heavy atom. The lowest BCUT2D eigenvalue weighted by molar-refractivity contribution is -0.649. The Bertz CT molecular complexity index is 951. The second-order valence-corrected chi connectivity index (χ2v) is 4.72. The molecule has 19 heavy (non-hydrogen) atoms. The summed E-state index contributed by atoms with van der Waals surface area (Å²) in [5.74, 6) is 0.911. The largest absolute Gasteiger partial charge is 0.395 e. The average Bonchev–Trinajstić information content (AvgIpc) is 3.07. The van der Waals surface area contributed by atoms with Gasteiger partial charge in [0.25, 0.3) is 5.52 Å². The topological polar surface area (TPSA) is 47.2 Å². The van der Waals surface area contributed by atoms with Gasteiger partial charge in [-0.05, 0) is 18.2 Å². The molecule has 0 bridgehead atoms. The van der Waals surface area contributed by atoms with E-state index < -0.39 is 0 Å². The lowest BCUT2D eigenvalue weighted by Gasteiger charge is -1.90. The zero-order valence-electron chi connectivity index (χ0n) is 9.95. The molecule has 0 radical (unpaired) electrons. The molecule has 0 N–H and O–H groups in total. The van der Waals surface area contributed by atoms with Crippen LogP contribution in [0, 0.1) is 0 Å². The molecule has 0 aromatic carbocycles. The van der Waals surface area contributed by atoms with Crippen LogP contribution in [0.2, 0.25) is 0 Å². The highest BCUT2D eigenvalue weighted by Gasteiger charge is 2.35. The molecule has 0 saturated carbocycles. The number of nitrogens with zero attached hydrogens (tertiary/aromatic N) is 4. The van der Waals surface area contributed by atoms with Crippen molar-refractivity contribution in [2.45, 2.75) is 6.54 Å². The summed E-state index contributed by atoms with van der Waals surface area (Å²) in [6.07, 6.45) is 7.49. The first-order valence-corrected chi connectivity index (χ1v) is 6.14. The molecule has 0 unspecified atom stereocenters. The molecular weight excluding hydrogens is 240 g/mol. The Morgan fingerprint density at radius 2 is 2.26 bits per heavy atom. The smallest absolute Gasteiger partial charge is 0.382 e. The Labute approximate surface area is 107 Å². The van der Waals surface area contributed by atoms with Gasteiger partial charge in [-0.15, -0.1) is 0 Å². The normalized spacial score (nSPS) is 13.1. The summed E-state index contributed by atoms with van der Waals surface area (Å²) >= 11 is 0. The number of hydrogen-bond acceptors (Lipinski definition) is 3. The van der Waals surface area contributed by atoms with Crippen molar-refractivity contribution in [3.63, 3.8) is 0 Å². The molecular formula is C14H9N4O+. The van der Waals surface area contributed by atoms with Gasteiger partial charge in [0.05, 0.1) is 11.1 Å². The third kappa shape index (κ3) is 1.03. The lowest BCUT2D eigenvalue weighted by Crippen LogP contribution is -2.30. The second-order valence-electron chi connectivity index (χ2n) is 4.72. The Morgan fingerprint density at radius 1 is 1.26 bits per heavy atom. The summed E-state index contributed by atoms with van der Waals surface area (Å²) in [5, 5.41) is 4.30. The van der Waals surface area contributed by atoms with Gasteiger partial charge in [0.1, 0.15) is 11.7 Å². The maximum atomic E-state index is 6.06. The summed E-state index contributed by atoms with van der Waals surface area (Å²) in [6, 6.07) is 5.94. The molecule has 4 aromatic rings. The first kappa shape index (κ1) is 9.27. The lowest BCUT2D eigenvalue weighted by atomic mass is 10.2. The molecule has 90 valence electrons. The van der Waals surface area contributed by atoms with Crippen molar-refractivity contribution in [3.05, 3.63) is 48.5 Å². The number of pyridine rings is 1. The van der Waals surface area contributed by atoms with Gasteiger partial charge in [0.15, 0.2) is 6.54 Å². The van der Waals surface area contributed by atoms with E-state index in [0.29, 0.717) is 0 Å². The van der Waals surface area contributed by atoms with E-state index in [1.54, 1.807) is 12.4 Å². The van der Waals surface area contributed by atoms with E-state index in [4.69, 9.17) is 4.42 Å². The molecule has 0 aliphatic carbocycles. The van der Waals surface area contributed by atoms with Gasteiger partial charge in [-0.25, -0.2) is 4.52 Å². The predicted octanol–water partition coefficient (Wildman–Crippen LogP) is 1.79. The van der Waals surface area contributed by atoms with Crippen LogP contribution in [0.15, 0.2) is 47.4 Å². The molecule has 0 fully saturated rings. The Hall–Kier alpha value is -2.69. The van der Waals surface area contributed by atoms with Gasteiger partial charge in [-0.1, -0.05) is 0 Å². The van der Waals surface area contributed by atoms with Crippen molar-refractivity contribution in [2.24, 2.45) is 0 Å². The third-order valence-corrected chi connectivity index (χ3v) is 3.69. The molecule has 0 atom stereocenters. The third-order valence-electron chi connectivity index (χ3n) is 3.69. The zero-order chi connectivity index (χ0) is 12.4. The minimum atomic E-state index is 0.808. The Balaban J connectivity index is 1.93. The van der Waals surface area contributed by atoms with Crippen LogP contribution in [0.3, 0.4) is 0 Å². The molecule has 0 spiro atoms. The standard InChI is InChI=1S/C14H9N4O/c1-2-11-13-12(8-18(11)16-4-1)17-7-9-6-15-5-3-10(9)14(17)19-13/h1-6,8H,7H2/q+1. The van der Waals surface area contributed by atoms with Crippen LogP contribution in [-0.4, -0.2) is 14.6 Å². The second kappa shape index (κ2) is 3.00. The summed E-state index contributed by atoms with van der Waals surface area (Å²) in [5.41, 5.74) is 5.30. The van der Waals surface area contributed by atoms with E-state index in [-0.39, 0.29) is 0 Å². The fourth-order valence-electron chi connectivity index (χ4n) is 2.82. The summed E-state index contributed by atoms with van der Waals surface area (Å²) < 4.78 is 10.1. The number of aromatic nitrogens is 4. The van der Waals surface area contributed by atoms with E-state index in [2.05, 4.69) is 14.6 Å². The predicted molar refractivity (Wildman–Crippen MR) is 67.5 cm³/mol. The summed E-state index contributed by atoms with van der Waals surface area (Å²) in [7, 11) is 0. The fourth-order valence-corrected chi connectivity index (χ4v) is 2.82. The molecule has 0 saturated heterocycles. The highest BCUT2D eigenvalue weighted by atomic mass is 16.4. The van der Waals surface area contributed by atoms with Crippen LogP contribution in [0.1, 0.15) is 5.56 Å². The maximum Gasteiger partial charge on any atom is 0.382 e. The maximum absolute atomic E-state index is 6.06. The van der Waals surface area contributed by atoms with Crippen LogP contribution in [0.5, 0.6) is 0 Å². The van der Waals surface area contributed by atoms with Gasteiger partial charge >= 0.3 is 5.89 Å². The van der Waals surface area contributed by atoms with Crippen LogP contribution in [0.25, 0.3) is 28.1 Å².